The van der Waals surface area contributed by atoms with Gasteiger partial charge in [-0.25, -0.2) is 0 Å². The molecule has 19 heavy (non-hydrogen) atoms. The molecular formula is C15H25O3P. The molecule has 4 heteroatoms. The molecule has 0 bridgehead atoms. The molecule has 0 unspecified atom stereocenters. The molecule has 3 nitrogen and oxygen atoms in total. The molecular weight excluding hydrogens is 259 g/mol. The van der Waals surface area contributed by atoms with Gasteiger partial charge in [0.1, 0.15) is 0 Å². The molecule has 108 valence electrons. The minimum absolute atomic E-state index is 0.174. The number of benzene rings is 1. The summed E-state index contributed by atoms with van der Waals surface area (Å²) in [7, 11) is -3.96. The van der Waals surface area contributed by atoms with Crippen molar-refractivity contribution in [3.63, 3.8) is 0 Å². The number of unbranched alkanes of at least 4 members (excludes halogenated alkanes) is 1. The van der Waals surface area contributed by atoms with Crippen LogP contribution in [0.2, 0.25) is 0 Å². The van der Waals surface area contributed by atoms with Gasteiger partial charge in [0, 0.05) is 0 Å². The molecule has 0 heterocycles. The quantitative estimate of drug-likeness (QED) is 0.734. The van der Waals surface area contributed by atoms with Crippen molar-refractivity contribution >= 4 is 7.60 Å². The van der Waals surface area contributed by atoms with E-state index in [1.54, 1.807) is 0 Å². The molecule has 0 saturated carbocycles. The van der Waals surface area contributed by atoms with Gasteiger partial charge in [-0.2, -0.15) is 0 Å². The Morgan fingerprint density at radius 2 is 1.74 bits per heavy atom. The first-order valence-electron chi connectivity index (χ1n) is 6.97. The van der Waals surface area contributed by atoms with Crippen molar-refractivity contribution in [3.05, 3.63) is 35.4 Å². The Balaban J connectivity index is 2.67. The smallest absolute Gasteiger partial charge is 0.324 e. The zero-order valence-corrected chi connectivity index (χ0v) is 12.9. The second-order valence-electron chi connectivity index (χ2n) is 5.47. The van der Waals surface area contributed by atoms with Gasteiger partial charge in [0.05, 0.1) is 6.16 Å². The van der Waals surface area contributed by atoms with Gasteiger partial charge < -0.3 is 9.79 Å². The van der Waals surface area contributed by atoms with Crippen LogP contribution in [0.4, 0.5) is 0 Å². The second kappa shape index (κ2) is 7.23. The maximum atomic E-state index is 10.9. The third kappa shape index (κ3) is 5.90. The van der Waals surface area contributed by atoms with Crippen LogP contribution in [0.3, 0.4) is 0 Å². The molecule has 0 aromatic heterocycles. The predicted molar refractivity (Wildman–Crippen MR) is 79.3 cm³/mol. The third-order valence-corrected chi connectivity index (χ3v) is 4.54. The van der Waals surface area contributed by atoms with Gasteiger partial charge in [-0.15, -0.1) is 0 Å². The summed E-state index contributed by atoms with van der Waals surface area (Å²) in [6.07, 6.45) is 3.52. The monoisotopic (exact) mass is 284 g/mol. The zero-order chi connectivity index (χ0) is 14.5. The van der Waals surface area contributed by atoms with E-state index in [1.165, 1.54) is 24.8 Å². The molecule has 2 atom stereocenters. The predicted octanol–water partition coefficient (Wildman–Crippen LogP) is 4.29. The van der Waals surface area contributed by atoms with Gasteiger partial charge in [-0.05, 0) is 23.0 Å². The van der Waals surface area contributed by atoms with Crippen LogP contribution in [-0.2, 0) is 10.7 Å². The van der Waals surface area contributed by atoms with E-state index in [0.29, 0.717) is 17.4 Å². The summed E-state index contributed by atoms with van der Waals surface area (Å²) in [4.78, 5) is 17.9. The van der Waals surface area contributed by atoms with Crippen molar-refractivity contribution in [2.45, 2.75) is 52.1 Å². The highest BCUT2D eigenvalue weighted by atomic mass is 31.2. The number of rotatable bonds is 7. The van der Waals surface area contributed by atoms with Gasteiger partial charge in [-0.3, -0.25) is 4.57 Å². The molecule has 0 aliphatic rings. The Morgan fingerprint density at radius 1 is 1.16 bits per heavy atom. The van der Waals surface area contributed by atoms with Crippen LogP contribution in [0, 0.1) is 5.92 Å². The summed E-state index contributed by atoms with van der Waals surface area (Å²) in [5, 5.41) is 0. The van der Waals surface area contributed by atoms with Crippen LogP contribution in [0.15, 0.2) is 24.3 Å². The molecule has 0 aliphatic heterocycles. The average Bonchev–Trinajstić information content (AvgIpc) is 2.34. The molecule has 0 amide bonds. The van der Waals surface area contributed by atoms with Gasteiger partial charge in [0.2, 0.25) is 0 Å². The van der Waals surface area contributed by atoms with E-state index in [2.05, 4.69) is 20.8 Å². The van der Waals surface area contributed by atoms with Crippen molar-refractivity contribution in [1.29, 1.82) is 0 Å². The van der Waals surface area contributed by atoms with Crippen molar-refractivity contribution in [2.75, 3.05) is 0 Å². The lowest BCUT2D eigenvalue weighted by molar-refractivity contribution is 0.371. The van der Waals surface area contributed by atoms with Crippen LogP contribution in [-0.4, -0.2) is 9.79 Å². The first kappa shape index (κ1) is 16.4. The zero-order valence-electron chi connectivity index (χ0n) is 12.0. The van der Waals surface area contributed by atoms with Crippen LogP contribution in [0.25, 0.3) is 0 Å². The first-order chi connectivity index (χ1) is 8.83. The summed E-state index contributed by atoms with van der Waals surface area (Å²) in [5.74, 6) is 1.11. The van der Waals surface area contributed by atoms with E-state index >= 15 is 0 Å². The Bertz CT molecular complexity index is 422. The topological polar surface area (TPSA) is 57.5 Å². The molecule has 1 aromatic rings. The van der Waals surface area contributed by atoms with Crippen molar-refractivity contribution in [3.8, 4) is 0 Å². The van der Waals surface area contributed by atoms with E-state index in [9.17, 15) is 4.57 Å². The number of hydrogen-bond acceptors (Lipinski definition) is 1. The fraction of sp³-hybridized carbons (Fsp3) is 0.600. The molecule has 0 radical (unpaired) electrons. The molecule has 2 N–H and O–H groups in total. The Labute approximate surface area is 116 Å². The number of hydrogen-bond donors (Lipinski definition) is 2. The standard InChI is InChI=1S/C15H25O3P/c1-4-5-6-12(2)13(3)15-9-7-14(8-10-15)11-19(16,17)18/h7-10,12-13H,4-6,11H2,1-3H3,(H2,16,17,18)/t12-,13+/m1/s1. The van der Waals surface area contributed by atoms with Gasteiger partial charge in [0.25, 0.3) is 0 Å². The first-order valence-corrected chi connectivity index (χ1v) is 8.76. The Morgan fingerprint density at radius 3 is 2.21 bits per heavy atom. The lowest BCUT2D eigenvalue weighted by Crippen LogP contribution is -2.06. The van der Waals surface area contributed by atoms with Gasteiger partial charge in [-0.1, -0.05) is 64.3 Å². The SMILES string of the molecule is CCCC[C@@H](C)[C@H](C)c1ccc(CP(=O)(O)O)cc1. The Kier molecular flexibility index (Phi) is 6.25. The summed E-state index contributed by atoms with van der Waals surface area (Å²) >= 11 is 0. The van der Waals surface area contributed by atoms with Crippen molar-refractivity contribution < 1.29 is 14.4 Å². The third-order valence-electron chi connectivity index (χ3n) is 3.76. The molecule has 1 rings (SSSR count). The van der Waals surface area contributed by atoms with Crippen molar-refractivity contribution in [1.82, 2.24) is 0 Å². The fourth-order valence-corrected chi connectivity index (χ4v) is 2.96. The largest absolute Gasteiger partial charge is 0.329 e. The second-order valence-corrected chi connectivity index (χ2v) is 7.12. The van der Waals surface area contributed by atoms with E-state index in [4.69, 9.17) is 9.79 Å². The van der Waals surface area contributed by atoms with Crippen LogP contribution in [0.5, 0.6) is 0 Å². The maximum absolute atomic E-state index is 10.9. The fourth-order valence-electron chi connectivity index (χ4n) is 2.27. The highest BCUT2D eigenvalue weighted by Crippen LogP contribution is 2.39. The van der Waals surface area contributed by atoms with Crippen LogP contribution >= 0.6 is 7.60 Å². The molecule has 0 aliphatic carbocycles. The minimum Gasteiger partial charge on any atom is -0.324 e. The molecule has 0 saturated heterocycles. The summed E-state index contributed by atoms with van der Waals surface area (Å²) < 4.78 is 10.9. The lowest BCUT2D eigenvalue weighted by atomic mass is 9.85. The molecule has 1 aromatic carbocycles. The molecule has 0 spiro atoms. The minimum atomic E-state index is -3.96. The maximum Gasteiger partial charge on any atom is 0.329 e. The van der Waals surface area contributed by atoms with Crippen LogP contribution < -0.4 is 0 Å². The summed E-state index contributed by atoms with van der Waals surface area (Å²) in [6, 6.07) is 7.66. The van der Waals surface area contributed by atoms with Gasteiger partial charge >= 0.3 is 7.60 Å². The highest BCUT2D eigenvalue weighted by Gasteiger charge is 2.16. The van der Waals surface area contributed by atoms with Crippen molar-refractivity contribution in [2.24, 2.45) is 5.92 Å². The highest BCUT2D eigenvalue weighted by molar-refractivity contribution is 7.50. The average molecular weight is 284 g/mol. The molecule has 0 fully saturated rings. The Hall–Kier alpha value is -0.630. The summed E-state index contributed by atoms with van der Waals surface area (Å²) in [5.41, 5.74) is 1.95. The van der Waals surface area contributed by atoms with E-state index < -0.39 is 7.60 Å². The normalized spacial score (nSPS) is 15.2. The van der Waals surface area contributed by atoms with Gasteiger partial charge in [0.15, 0.2) is 0 Å². The lowest BCUT2D eigenvalue weighted by Gasteiger charge is -2.20. The van der Waals surface area contributed by atoms with E-state index in [0.717, 1.165) is 0 Å². The van der Waals surface area contributed by atoms with Crippen LogP contribution in [0.1, 0.15) is 57.1 Å². The summed E-state index contributed by atoms with van der Waals surface area (Å²) in [6.45, 7) is 6.69. The van der Waals surface area contributed by atoms with E-state index in [1.807, 2.05) is 24.3 Å². The van der Waals surface area contributed by atoms with E-state index in [-0.39, 0.29) is 6.16 Å².